The van der Waals surface area contributed by atoms with E-state index in [1.807, 2.05) is 4.90 Å². The summed E-state index contributed by atoms with van der Waals surface area (Å²) in [4.78, 5) is 40.0. The van der Waals surface area contributed by atoms with Crippen LogP contribution in [0.2, 0.25) is 5.02 Å². The molecule has 2 aromatic rings. The van der Waals surface area contributed by atoms with E-state index in [1.165, 1.54) is 18.2 Å². The Balaban J connectivity index is 1.44. The Morgan fingerprint density at radius 2 is 1.85 bits per heavy atom. The summed E-state index contributed by atoms with van der Waals surface area (Å²) in [5, 5.41) is 11.2. The molecule has 0 atom stereocenters. The van der Waals surface area contributed by atoms with Crippen LogP contribution in [0.5, 0.6) is 11.5 Å². The number of ether oxygens (including phenoxy) is 3. The third-order valence-electron chi connectivity index (χ3n) is 5.60. The van der Waals surface area contributed by atoms with Crippen LogP contribution in [0.25, 0.3) is 6.08 Å². The van der Waals surface area contributed by atoms with Crippen LogP contribution in [-0.4, -0.2) is 54.1 Å². The van der Waals surface area contributed by atoms with Crippen molar-refractivity contribution in [2.75, 3.05) is 38.0 Å². The van der Waals surface area contributed by atoms with Crippen LogP contribution in [0.1, 0.15) is 11.1 Å². The summed E-state index contributed by atoms with van der Waals surface area (Å²) in [6.07, 6.45) is 1.53. The Morgan fingerprint density at radius 1 is 1.12 bits per heavy atom. The van der Waals surface area contributed by atoms with Gasteiger partial charge in [-0.05, 0) is 35.5 Å². The maximum Gasteiger partial charge on any atom is 0.293 e. The van der Waals surface area contributed by atoms with Gasteiger partial charge in [-0.1, -0.05) is 11.6 Å². The van der Waals surface area contributed by atoms with Gasteiger partial charge in [0.05, 0.1) is 29.6 Å². The molecule has 12 heteroatoms. The lowest BCUT2D eigenvalue weighted by atomic mass is 10.1. The van der Waals surface area contributed by atoms with Gasteiger partial charge >= 0.3 is 0 Å². The summed E-state index contributed by atoms with van der Waals surface area (Å²) >= 11 is 7.10. The number of halogens is 1. The lowest BCUT2D eigenvalue weighted by Gasteiger charge is -2.30. The number of thioether (sulfide) groups is 1. The van der Waals surface area contributed by atoms with Gasteiger partial charge in [0, 0.05) is 47.6 Å². The Hall–Kier alpha value is -3.28. The first-order valence-electron chi connectivity index (χ1n) is 10.4. The molecule has 34 heavy (non-hydrogen) atoms. The quantitative estimate of drug-likeness (QED) is 0.339. The van der Waals surface area contributed by atoms with Crippen LogP contribution in [-0.2, 0) is 16.1 Å². The molecule has 2 amide bonds. The highest BCUT2D eigenvalue weighted by atomic mass is 35.5. The van der Waals surface area contributed by atoms with Crippen molar-refractivity contribution in [3.63, 3.8) is 0 Å². The van der Waals surface area contributed by atoms with Crippen molar-refractivity contribution < 1.29 is 28.7 Å². The van der Waals surface area contributed by atoms with Crippen molar-refractivity contribution in [3.8, 4) is 11.5 Å². The van der Waals surface area contributed by atoms with Crippen LogP contribution in [0.15, 0.2) is 35.2 Å². The van der Waals surface area contributed by atoms with E-state index in [9.17, 15) is 19.7 Å². The van der Waals surface area contributed by atoms with Gasteiger partial charge in [-0.15, -0.1) is 0 Å². The van der Waals surface area contributed by atoms with Gasteiger partial charge in [-0.3, -0.25) is 24.6 Å². The highest BCUT2D eigenvalue weighted by Crippen LogP contribution is 2.40. The standard InChI is InChI=1S/C22H18ClN3O7S/c23-16-10-19-18(32-12-33-19)8-14(16)11-25-21(27)20(34-22(25)28)9-13-7-15(26(29)30)1-2-17(13)24-3-5-31-6-4-24/h1-2,7-10H,3-6,11-12H2/b20-9-. The van der Waals surface area contributed by atoms with Gasteiger partial charge in [-0.2, -0.15) is 0 Å². The van der Waals surface area contributed by atoms with Crippen molar-refractivity contribution in [3.05, 3.63) is 61.5 Å². The number of nitro groups is 1. The number of carbonyl (C=O) groups excluding carboxylic acids is 2. The molecule has 3 heterocycles. The maximum atomic E-state index is 13.1. The van der Waals surface area contributed by atoms with Crippen LogP contribution in [0.4, 0.5) is 16.2 Å². The summed E-state index contributed by atoms with van der Waals surface area (Å²) in [6, 6.07) is 7.73. The first-order valence-corrected chi connectivity index (χ1v) is 11.5. The molecule has 2 fully saturated rings. The number of nitrogens with zero attached hydrogens (tertiary/aromatic N) is 3. The number of rotatable bonds is 5. The van der Waals surface area contributed by atoms with Crippen LogP contribution in [0.3, 0.4) is 0 Å². The predicted octanol–water partition coefficient (Wildman–Crippen LogP) is 4.05. The number of anilines is 1. The number of hydrogen-bond donors (Lipinski definition) is 0. The topological polar surface area (TPSA) is 111 Å². The average molecular weight is 504 g/mol. The molecule has 0 spiro atoms. The second-order valence-corrected chi connectivity index (χ2v) is 9.06. The number of nitro benzene ring substituents is 1. The fourth-order valence-electron chi connectivity index (χ4n) is 3.89. The SMILES string of the molecule is O=C1S/C(=C\c2cc([N+](=O)[O-])ccc2N2CCOCC2)C(=O)N1Cc1cc2c(cc1Cl)OCO2. The first kappa shape index (κ1) is 22.5. The Morgan fingerprint density at radius 3 is 2.59 bits per heavy atom. The highest BCUT2D eigenvalue weighted by molar-refractivity contribution is 8.18. The second kappa shape index (κ2) is 9.16. The molecule has 10 nitrogen and oxygen atoms in total. The van der Waals surface area contributed by atoms with E-state index in [1.54, 1.807) is 18.2 Å². The lowest BCUT2D eigenvalue weighted by molar-refractivity contribution is -0.384. The average Bonchev–Trinajstić information content (AvgIpc) is 3.38. The minimum atomic E-state index is -0.497. The molecular weight excluding hydrogens is 486 g/mol. The van der Waals surface area contributed by atoms with Gasteiger partial charge < -0.3 is 19.1 Å². The fraction of sp³-hybridized carbons (Fsp3) is 0.273. The smallest absolute Gasteiger partial charge is 0.293 e. The van der Waals surface area contributed by atoms with Crippen molar-refractivity contribution in [1.29, 1.82) is 0 Å². The number of benzene rings is 2. The van der Waals surface area contributed by atoms with Crippen LogP contribution >= 0.6 is 23.4 Å². The first-order chi connectivity index (χ1) is 16.4. The van der Waals surface area contributed by atoms with E-state index >= 15 is 0 Å². The predicted molar refractivity (Wildman–Crippen MR) is 125 cm³/mol. The molecule has 3 aliphatic rings. The molecule has 0 unspecified atom stereocenters. The summed E-state index contributed by atoms with van der Waals surface area (Å²) < 4.78 is 16.0. The zero-order valence-corrected chi connectivity index (χ0v) is 19.3. The molecule has 0 aliphatic carbocycles. The lowest BCUT2D eigenvalue weighted by Crippen LogP contribution is -2.36. The largest absolute Gasteiger partial charge is 0.454 e. The minimum Gasteiger partial charge on any atom is -0.454 e. The third-order valence-corrected chi connectivity index (χ3v) is 6.86. The van der Waals surface area contributed by atoms with Crippen molar-refractivity contribution >= 4 is 52.0 Å². The summed E-state index contributed by atoms with van der Waals surface area (Å²) in [5.74, 6) is 0.501. The van der Waals surface area contributed by atoms with Gasteiger partial charge in [-0.25, -0.2) is 0 Å². The third kappa shape index (κ3) is 4.29. The zero-order chi connectivity index (χ0) is 23.8. The van der Waals surface area contributed by atoms with E-state index in [2.05, 4.69) is 0 Å². The Labute approximate surface area is 203 Å². The molecule has 2 saturated heterocycles. The molecule has 5 rings (SSSR count). The second-order valence-electron chi connectivity index (χ2n) is 7.66. The van der Waals surface area contributed by atoms with Crippen molar-refractivity contribution in [1.82, 2.24) is 4.90 Å². The number of hydrogen-bond acceptors (Lipinski definition) is 9. The van der Waals surface area contributed by atoms with Gasteiger partial charge in [0.1, 0.15) is 0 Å². The van der Waals surface area contributed by atoms with Crippen molar-refractivity contribution in [2.45, 2.75) is 6.54 Å². The highest BCUT2D eigenvalue weighted by Gasteiger charge is 2.36. The van der Waals surface area contributed by atoms with Gasteiger partial charge in [0.25, 0.3) is 16.8 Å². The number of non-ortho nitro benzene ring substituents is 1. The molecule has 2 aromatic carbocycles. The molecule has 0 bridgehead atoms. The number of fused-ring (bicyclic) bond motifs is 1. The maximum absolute atomic E-state index is 13.1. The molecule has 0 aromatic heterocycles. The van der Waals surface area contributed by atoms with E-state index in [0.717, 1.165) is 22.3 Å². The summed E-state index contributed by atoms with van der Waals surface area (Å²) in [5.41, 5.74) is 1.66. The van der Waals surface area contributed by atoms with E-state index < -0.39 is 16.1 Å². The zero-order valence-electron chi connectivity index (χ0n) is 17.7. The molecule has 0 radical (unpaired) electrons. The number of carbonyl (C=O) groups is 2. The van der Waals surface area contributed by atoms with Crippen molar-refractivity contribution in [2.24, 2.45) is 0 Å². The van der Waals surface area contributed by atoms with Gasteiger partial charge in [0.15, 0.2) is 11.5 Å². The van der Waals surface area contributed by atoms with Crippen LogP contribution < -0.4 is 14.4 Å². The summed E-state index contributed by atoms with van der Waals surface area (Å²) in [7, 11) is 0. The van der Waals surface area contributed by atoms with Gasteiger partial charge in [0.2, 0.25) is 6.79 Å². The fourth-order valence-corrected chi connectivity index (χ4v) is 4.93. The molecule has 0 saturated carbocycles. The Kier molecular flexibility index (Phi) is 6.07. The normalized spacial score (nSPS) is 18.8. The molecular formula is C22H18ClN3O7S. The molecule has 176 valence electrons. The van der Waals surface area contributed by atoms with E-state index in [0.29, 0.717) is 54.0 Å². The number of imide groups is 1. The monoisotopic (exact) mass is 503 g/mol. The van der Waals surface area contributed by atoms with E-state index in [-0.39, 0.29) is 23.9 Å². The molecule has 3 aliphatic heterocycles. The minimum absolute atomic E-state index is 0.0389. The van der Waals surface area contributed by atoms with Crippen LogP contribution in [0, 0.1) is 10.1 Å². The number of morpholine rings is 1. The summed E-state index contributed by atoms with van der Waals surface area (Å²) in [6.45, 7) is 2.33. The number of amides is 2. The Bertz CT molecular complexity index is 1230. The molecule has 0 N–H and O–H groups in total. The van der Waals surface area contributed by atoms with E-state index in [4.69, 9.17) is 25.8 Å².